The van der Waals surface area contributed by atoms with E-state index in [-0.39, 0.29) is 11.5 Å². The van der Waals surface area contributed by atoms with Crippen LogP contribution in [-0.2, 0) is 5.41 Å². The molecule has 0 amide bonds. The van der Waals surface area contributed by atoms with Gasteiger partial charge < -0.3 is 14.2 Å². The Balaban J connectivity index is 0.972. The first-order valence-corrected chi connectivity index (χ1v) is 23.5. The molecule has 1 aromatic heterocycles. The number of rotatable bonds is 8. The summed E-state index contributed by atoms with van der Waals surface area (Å²) in [4.78, 5) is 2.42. The molecule has 0 saturated heterocycles. The highest BCUT2D eigenvalue weighted by molar-refractivity contribution is 6.16. The minimum absolute atomic E-state index is 0.0242. The van der Waals surface area contributed by atoms with Gasteiger partial charge in [-0.3, -0.25) is 0 Å². The molecule has 1 aliphatic carbocycles. The average Bonchev–Trinajstić information content (AvgIpc) is 3.91. The molecule has 68 heavy (non-hydrogen) atoms. The van der Waals surface area contributed by atoms with Crippen LogP contribution in [0, 0.1) is 0 Å². The number of para-hydroxylation sites is 4. The normalized spacial score (nSPS) is 15.9. The number of allylic oxidation sites excluding steroid dienone is 2. The van der Waals surface area contributed by atoms with Crippen LogP contribution in [0.5, 0.6) is 5.75 Å². The van der Waals surface area contributed by atoms with E-state index in [1.54, 1.807) is 0 Å². The van der Waals surface area contributed by atoms with Gasteiger partial charge in [-0.25, -0.2) is 0 Å². The van der Waals surface area contributed by atoms with Gasteiger partial charge in [-0.15, -0.1) is 0 Å². The lowest BCUT2D eigenvalue weighted by molar-refractivity contribution is 0.228. The summed E-state index contributed by atoms with van der Waals surface area (Å²) in [6.07, 6.45) is 8.66. The van der Waals surface area contributed by atoms with Crippen LogP contribution in [0.15, 0.2) is 255 Å². The Labute approximate surface area is 396 Å². The van der Waals surface area contributed by atoms with Crippen LogP contribution in [0.3, 0.4) is 0 Å². The molecular weight excluding hydrogens is 825 g/mol. The van der Waals surface area contributed by atoms with Crippen LogP contribution in [-0.4, -0.2) is 10.7 Å². The number of hydrogen-bond donors (Lipinski definition) is 0. The zero-order valence-corrected chi connectivity index (χ0v) is 37.6. The predicted molar refractivity (Wildman–Crippen MR) is 285 cm³/mol. The maximum atomic E-state index is 6.73. The van der Waals surface area contributed by atoms with Gasteiger partial charge in [-0.05, 0) is 112 Å². The highest BCUT2D eigenvalue weighted by Gasteiger charge is 2.44. The SMILES string of the molecule is CC12C=CC=CC1Oc1c(-c3ccc(N(c4ccc(-c5cccc6c5c5ccccc5n6-c5ccccc5)cc4)c4ccccc4-c4cccc5cccc(-c6ccccc6)c45)cc3)cccc12. The summed E-state index contributed by atoms with van der Waals surface area (Å²) in [6.45, 7) is 2.28. The minimum atomic E-state index is -0.195. The minimum Gasteiger partial charge on any atom is -0.484 e. The summed E-state index contributed by atoms with van der Waals surface area (Å²) in [5, 5.41) is 4.93. The summed E-state index contributed by atoms with van der Waals surface area (Å²) >= 11 is 0. The summed E-state index contributed by atoms with van der Waals surface area (Å²) < 4.78 is 9.12. The van der Waals surface area contributed by atoms with Gasteiger partial charge in [0.05, 0.1) is 22.1 Å². The Morgan fingerprint density at radius 2 is 1.00 bits per heavy atom. The smallest absolute Gasteiger partial charge is 0.132 e. The Kier molecular flexibility index (Phi) is 9.36. The van der Waals surface area contributed by atoms with Crippen molar-refractivity contribution >= 4 is 49.6 Å². The molecule has 1 aliphatic heterocycles. The van der Waals surface area contributed by atoms with Crippen LogP contribution >= 0.6 is 0 Å². The number of ether oxygens (including phenoxy) is 1. The number of benzene rings is 10. The topological polar surface area (TPSA) is 17.4 Å². The molecule has 0 saturated carbocycles. The lowest BCUT2D eigenvalue weighted by atomic mass is 9.76. The van der Waals surface area contributed by atoms with Crippen LogP contribution in [0.1, 0.15) is 12.5 Å². The molecule has 0 bridgehead atoms. The van der Waals surface area contributed by atoms with E-state index in [2.05, 4.69) is 271 Å². The van der Waals surface area contributed by atoms with E-state index in [0.717, 1.165) is 50.8 Å². The van der Waals surface area contributed by atoms with Crippen molar-refractivity contribution in [2.24, 2.45) is 0 Å². The first kappa shape index (κ1) is 39.7. The van der Waals surface area contributed by atoms with Crippen molar-refractivity contribution in [1.82, 2.24) is 4.57 Å². The maximum Gasteiger partial charge on any atom is 0.132 e. The third kappa shape index (κ3) is 6.35. The summed E-state index contributed by atoms with van der Waals surface area (Å²) in [6, 6.07) is 83.9. The van der Waals surface area contributed by atoms with Crippen molar-refractivity contribution in [2.45, 2.75) is 18.4 Å². The van der Waals surface area contributed by atoms with E-state index >= 15 is 0 Å². The predicted octanol–water partition coefficient (Wildman–Crippen LogP) is 17.2. The average molecular weight is 871 g/mol. The molecule has 11 aromatic rings. The molecule has 2 atom stereocenters. The second-order valence-electron chi connectivity index (χ2n) is 18.2. The molecule has 2 heterocycles. The van der Waals surface area contributed by atoms with Gasteiger partial charge in [-0.2, -0.15) is 0 Å². The van der Waals surface area contributed by atoms with Crippen molar-refractivity contribution in [3.8, 4) is 55.9 Å². The van der Waals surface area contributed by atoms with Crippen molar-refractivity contribution < 1.29 is 4.74 Å². The highest BCUT2D eigenvalue weighted by atomic mass is 16.5. The van der Waals surface area contributed by atoms with Gasteiger partial charge in [0.2, 0.25) is 0 Å². The van der Waals surface area contributed by atoms with Crippen molar-refractivity contribution in [2.75, 3.05) is 4.90 Å². The van der Waals surface area contributed by atoms with Gasteiger partial charge in [0.25, 0.3) is 0 Å². The second kappa shape index (κ2) is 16.0. The standard InChI is InChI=1S/C65H46N2O/c1-65-43-13-12-34-61(65)68-64-53(28-16-30-57(64)65)46-37-41-50(42-38-46)66(58-31-10-8-24-54(58)55-29-15-21-47-20-14-26-51(62(47)55)44-18-4-2-5-19-44)49-39-35-45(36-40-49)52-27-17-33-60-63(52)56-25-9-11-32-59(56)67(60)48-22-6-3-7-23-48/h2-43,61H,1H3. The molecule has 2 unspecified atom stereocenters. The fourth-order valence-corrected chi connectivity index (χ4v) is 11.0. The molecule has 10 aromatic carbocycles. The summed E-state index contributed by atoms with van der Waals surface area (Å²) in [5.41, 5.74) is 17.1. The molecule has 0 N–H and O–H groups in total. The van der Waals surface area contributed by atoms with Gasteiger partial charge in [-0.1, -0.05) is 194 Å². The number of hydrogen-bond acceptors (Lipinski definition) is 2. The quantitative estimate of drug-likeness (QED) is 0.151. The van der Waals surface area contributed by atoms with E-state index < -0.39 is 0 Å². The van der Waals surface area contributed by atoms with Gasteiger partial charge >= 0.3 is 0 Å². The number of nitrogens with zero attached hydrogens (tertiary/aromatic N) is 2. The Bertz CT molecular complexity index is 3770. The second-order valence-corrected chi connectivity index (χ2v) is 18.2. The third-order valence-electron chi connectivity index (χ3n) is 14.3. The lowest BCUT2D eigenvalue weighted by Gasteiger charge is -2.29. The first-order chi connectivity index (χ1) is 33.6. The molecular formula is C65H46N2O. The van der Waals surface area contributed by atoms with E-state index in [1.165, 1.54) is 60.4 Å². The zero-order chi connectivity index (χ0) is 45.2. The van der Waals surface area contributed by atoms with E-state index in [0.29, 0.717) is 0 Å². The highest BCUT2D eigenvalue weighted by Crippen LogP contribution is 2.51. The molecule has 322 valence electrons. The fraction of sp³-hybridized carbons (Fsp3) is 0.0462. The van der Waals surface area contributed by atoms with Gasteiger partial charge in [0, 0.05) is 44.5 Å². The molecule has 13 rings (SSSR count). The largest absolute Gasteiger partial charge is 0.484 e. The maximum absolute atomic E-state index is 6.73. The van der Waals surface area contributed by atoms with E-state index in [1.807, 2.05) is 0 Å². The lowest BCUT2D eigenvalue weighted by Crippen LogP contribution is -2.32. The molecule has 0 radical (unpaired) electrons. The summed E-state index contributed by atoms with van der Waals surface area (Å²) in [7, 11) is 0. The van der Waals surface area contributed by atoms with Gasteiger partial charge in [0.1, 0.15) is 11.9 Å². The van der Waals surface area contributed by atoms with Crippen molar-refractivity contribution in [3.05, 3.63) is 260 Å². The first-order valence-electron chi connectivity index (χ1n) is 23.5. The number of anilines is 3. The van der Waals surface area contributed by atoms with E-state index in [4.69, 9.17) is 4.74 Å². The monoisotopic (exact) mass is 870 g/mol. The Morgan fingerprint density at radius 1 is 0.441 bits per heavy atom. The molecule has 3 nitrogen and oxygen atoms in total. The number of fused-ring (bicyclic) bond motifs is 7. The Hall–Kier alpha value is -8.66. The Morgan fingerprint density at radius 3 is 1.76 bits per heavy atom. The third-order valence-corrected chi connectivity index (χ3v) is 14.3. The summed E-state index contributed by atoms with van der Waals surface area (Å²) in [5.74, 6) is 0.967. The fourth-order valence-electron chi connectivity index (χ4n) is 11.0. The molecule has 0 spiro atoms. The van der Waals surface area contributed by atoms with Crippen LogP contribution < -0.4 is 9.64 Å². The molecule has 0 fully saturated rings. The van der Waals surface area contributed by atoms with Crippen LogP contribution in [0.25, 0.3) is 82.8 Å². The van der Waals surface area contributed by atoms with Crippen LogP contribution in [0.4, 0.5) is 17.1 Å². The number of aromatic nitrogens is 1. The van der Waals surface area contributed by atoms with E-state index in [9.17, 15) is 0 Å². The molecule has 3 heteroatoms. The zero-order valence-electron chi connectivity index (χ0n) is 37.6. The van der Waals surface area contributed by atoms with Crippen molar-refractivity contribution in [3.63, 3.8) is 0 Å². The van der Waals surface area contributed by atoms with Crippen molar-refractivity contribution in [1.29, 1.82) is 0 Å². The van der Waals surface area contributed by atoms with Gasteiger partial charge in [0.15, 0.2) is 0 Å². The van der Waals surface area contributed by atoms with Crippen LogP contribution in [0.2, 0.25) is 0 Å². The molecule has 2 aliphatic rings.